The van der Waals surface area contributed by atoms with E-state index in [1.54, 1.807) is 0 Å². The fraction of sp³-hybridized carbons (Fsp3) is 0.667. The second-order valence-corrected chi connectivity index (χ2v) is 4.92. The quantitative estimate of drug-likeness (QED) is 0.774. The molecule has 0 aliphatic heterocycles. The fourth-order valence-electron chi connectivity index (χ4n) is 2.44. The van der Waals surface area contributed by atoms with Crippen LogP contribution >= 0.6 is 0 Å². The Bertz CT molecular complexity index is 322. The Balaban J connectivity index is 2.75. The van der Waals surface area contributed by atoms with Gasteiger partial charge in [-0.1, -0.05) is 39.7 Å². The molecule has 1 N–H and O–H groups in total. The van der Waals surface area contributed by atoms with Gasteiger partial charge in [-0.2, -0.15) is 0 Å². The van der Waals surface area contributed by atoms with Crippen LogP contribution in [0.5, 0.6) is 0 Å². The lowest BCUT2D eigenvalue weighted by Gasteiger charge is -2.23. The minimum atomic E-state index is 0.454. The number of hydrogen-bond acceptors (Lipinski definition) is 2. The van der Waals surface area contributed by atoms with Crippen molar-refractivity contribution >= 4 is 0 Å². The molecule has 0 spiro atoms. The van der Waals surface area contributed by atoms with E-state index in [1.807, 2.05) is 12.3 Å². The zero-order valence-corrected chi connectivity index (χ0v) is 11.7. The van der Waals surface area contributed by atoms with Crippen LogP contribution in [0.3, 0.4) is 0 Å². The van der Waals surface area contributed by atoms with Gasteiger partial charge in [0, 0.05) is 17.9 Å². The van der Waals surface area contributed by atoms with Gasteiger partial charge in [0.1, 0.15) is 0 Å². The molecule has 1 aromatic heterocycles. The molecule has 2 nitrogen and oxygen atoms in total. The second kappa shape index (κ2) is 7.44. The van der Waals surface area contributed by atoms with Gasteiger partial charge in [-0.15, -0.1) is 0 Å². The summed E-state index contributed by atoms with van der Waals surface area (Å²) in [5.41, 5.74) is 2.51. The molecule has 0 aliphatic rings. The van der Waals surface area contributed by atoms with Crippen LogP contribution in [-0.4, -0.2) is 11.5 Å². The third-order valence-electron chi connectivity index (χ3n) is 3.29. The van der Waals surface area contributed by atoms with E-state index >= 15 is 0 Å². The Morgan fingerprint density at radius 2 is 2.12 bits per heavy atom. The third-order valence-corrected chi connectivity index (χ3v) is 3.29. The highest BCUT2D eigenvalue weighted by Crippen LogP contribution is 2.25. The molecule has 2 atom stereocenters. The van der Waals surface area contributed by atoms with Crippen molar-refractivity contribution in [1.82, 2.24) is 10.3 Å². The summed E-state index contributed by atoms with van der Waals surface area (Å²) in [6, 6.07) is 4.70. The highest BCUT2D eigenvalue weighted by Gasteiger charge is 2.15. The summed E-state index contributed by atoms with van der Waals surface area (Å²) in [5, 5.41) is 3.59. The Morgan fingerprint density at radius 1 is 1.35 bits per heavy atom. The normalized spacial score (nSPS) is 14.6. The zero-order valence-electron chi connectivity index (χ0n) is 11.7. The summed E-state index contributed by atoms with van der Waals surface area (Å²) < 4.78 is 0. The molecule has 96 valence electrons. The van der Waals surface area contributed by atoms with Crippen molar-refractivity contribution in [2.45, 2.75) is 53.0 Å². The van der Waals surface area contributed by atoms with Crippen molar-refractivity contribution in [2.24, 2.45) is 5.92 Å². The van der Waals surface area contributed by atoms with Gasteiger partial charge >= 0.3 is 0 Å². The first-order valence-electron chi connectivity index (χ1n) is 6.83. The number of hydrogen-bond donors (Lipinski definition) is 1. The van der Waals surface area contributed by atoms with E-state index in [-0.39, 0.29) is 0 Å². The first-order valence-corrected chi connectivity index (χ1v) is 6.83. The molecule has 1 heterocycles. The summed E-state index contributed by atoms with van der Waals surface area (Å²) >= 11 is 0. The van der Waals surface area contributed by atoms with Gasteiger partial charge in [-0.05, 0) is 37.4 Å². The lowest BCUT2D eigenvalue weighted by atomic mass is 9.92. The van der Waals surface area contributed by atoms with Crippen molar-refractivity contribution in [1.29, 1.82) is 0 Å². The number of nitrogens with one attached hydrogen (secondary N) is 1. The molecule has 0 aliphatic carbocycles. The Kier molecular flexibility index (Phi) is 6.20. The maximum Gasteiger partial charge on any atom is 0.0420 e. The smallest absolute Gasteiger partial charge is 0.0420 e. The van der Waals surface area contributed by atoms with E-state index in [9.17, 15) is 0 Å². The molecule has 2 heteroatoms. The van der Waals surface area contributed by atoms with Crippen LogP contribution in [0.1, 0.15) is 57.3 Å². The largest absolute Gasteiger partial charge is 0.310 e. The molecule has 17 heavy (non-hydrogen) atoms. The molecule has 0 radical (unpaired) electrons. The van der Waals surface area contributed by atoms with Gasteiger partial charge < -0.3 is 5.32 Å². The van der Waals surface area contributed by atoms with Gasteiger partial charge in [-0.25, -0.2) is 0 Å². The molecule has 0 fully saturated rings. The number of pyridine rings is 1. The van der Waals surface area contributed by atoms with Crippen molar-refractivity contribution in [3.8, 4) is 0 Å². The molecule has 0 amide bonds. The van der Waals surface area contributed by atoms with Crippen LogP contribution in [0.25, 0.3) is 0 Å². The number of nitrogens with zero attached hydrogens (tertiary/aromatic N) is 1. The van der Waals surface area contributed by atoms with Crippen LogP contribution in [0, 0.1) is 12.8 Å². The Labute approximate surface area is 106 Å². The number of rotatable bonds is 7. The SMILES string of the molecule is CCCC(C)CC(NCC)c1cccnc1C. The maximum atomic E-state index is 4.40. The molecule has 0 saturated carbocycles. The fourth-order valence-corrected chi connectivity index (χ4v) is 2.44. The molecule has 0 bridgehead atoms. The van der Waals surface area contributed by atoms with E-state index in [0.717, 1.165) is 18.2 Å². The molecule has 1 aromatic rings. The van der Waals surface area contributed by atoms with E-state index in [2.05, 4.69) is 44.1 Å². The molecule has 1 rings (SSSR count). The first-order chi connectivity index (χ1) is 8.19. The lowest BCUT2D eigenvalue weighted by molar-refractivity contribution is 0.393. The van der Waals surface area contributed by atoms with Gasteiger partial charge in [0.25, 0.3) is 0 Å². The minimum Gasteiger partial charge on any atom is -0.310 e. The Hall–Kier alpha value is -0.890. The third kappa shape index (κ3) is 4.47. The van der Waals surface area contributed by atoms with Gasteiger partial charge in [0.2, 0.25) is 0 Å². The standard InChI is InChI=1S/C15H26N2/c1-5-8-12(3)11-15(16-6-2)14-9-7-10-17-13(14)4/h7,9-10,12,15-16H,5-6,8,11H2,1-4H3. The number of aryl methyl sites for hydroxylation is 1. The maximum absolute atomic E-state index is 4.40. The topological polar surface area (TPSA) is 24.9 Å². The van der Waals surface area contributed by atoms with Crippen molar-refractivity contribution < 1.29 is 0 Å². The average Bonchev–Trinajstić information content (AvgIpc) is 2.29. The van der Waals surface area contributed by atoms with Gasteiger partial charge in [0.05, 0.1) is 0 Å². The van der Waals surface area contributed by atoms with E-state index in [0.29, 0.717) is 6.04 Å². The molecule has 2 unspecified atom stereocenters. The molecule has 0 aromatic carbocycles. The molecule has 0 saturated heterocycles. The predicted molar refractivity (Wildman–Crippen MR) is 74.1 cm³/mol. The van der Waals surface area contributed by atoms with E-state index in [4.69, 9.17) is 0 Å². The Morgan fingerprint density at radius 3 is 2.71 bits per heavy atom. The van der Waals surface area contributed by atoms with Gasteiger partial charge in [0.15, 0.2) is 0 Å². The van der Waals surface area contributed by atoms with E-state index < -0.39 is 0 Å². The van der Waals surface area contributed by atoms with E-state index in [1.165, 1.54) is 24.8 Å². The summed E-state index contributed by atoms with van der Waals surface area (Å²) in [7, 11) is 0. The molecular weight excluding hydrogens is 208 g/mol. The summed E-state index contributed by atoms with van der Waals surface area (Å²) in [5.74, 6) is 0.767. The monoisotopic (exact) mass is 234 g/mol. The highest BCUT2D eigenvalue weighted by molar-refractivity contribution is 5.22. The van der Waals surface area contributed by atoms with Crippen LogP contribution < -0.4 is 5.32 Å². The van der Waals surface area contributed by atoms with Gasteiger partial charge in [-0.3, -0.25) is 4.98 Å². The van der Waals surface area contributed by atoms with Crippen molar-refractivity contribution in [2.75, 3.05) is 6.54 Å². The van der Waals surface area contributed by atoms with Crippen molar-refractivity contribution in [3.63, 3.8) is 0 Å². The number of aromatic nitrogens is 1. The highest BCUT2D eigenvalue weighted by atomic mass is 14.9. The second-order valence-electron chi connectivity index (χ2n) is 4.92. The lowest BCUT2D eigenvalue weighted by Crippen LogP contribution is -2.24. The van der Waals surface area contributed by atoms with Crippen LogP contribution in [0.4, 0.5) is 0 Å². The van der Waals surface area contributed by atoms with Crippen LogP contribution in [-0.2, 0) is 0 Å². The summed E-state index contributed by atoms with van der Waals surface area (Å²) in [6.45, 7) is 9.89. The predicted octanol–water partition coefficient (Wildman–Crippen LogP) is 3.87. The van der Waals surface area contributed by atoms with Crippen LogP contribution in [0.2, 0.25) is 0 Å². The molecular formula is C15H26N2. The summed E-state index contributed by atoms with van der Waals surface area (Å²) in [6.07, 6.45) is 5.65. The minimum absolute atomic E-state index is 0.454. The summed E-state index contributed by atoms with van der Waals surface area (Å²) in [4.78, 5) is 4.40. The van der Waals surface area contributed by atoms with Crippen molar-refractivity contribution in [3.05, 3.63) is 29.6 Å². The average molecular weight is 234 g/mol. The first kappa shape index (κ1) is 14.2. The zero-order chi connectivity index (χ0) is 12.7. The van der Waals surface area contributed by atoms with Crippen LogP contribution in [0.15, 0.2) is 18.3 Å².